The lowest BCUT2D eigenvalue weighted by Crippen LogP contribution is -2.45. The Morgan fingerprint density at radius 3 is 2.71 bits per heavy atom. The first kappa shape index (κ1) is 15.8. The molecule has 1 aromatic heterocycles. The molecular formula is C14H16N2O3S2. The first-order valence-electron chi connectivity index (χ1n) is 6.48. The van der Waals surface area contributed by atoms with E-state index in [-0.39, 0.29) is 17.6 Å². The van der Waals surface area contributed by atoms with Crippen LogP contribution in [-0.2, 0) is 9.59 Å². The largest absolute Gasteiger partial charge is 0.480 e. The first-order valence-corrected chi connectivity index (χ1v) is 8.28. The number of carboxylic acid groups (broad SMARTS) is 1. The van der Waals surface area contributed by atoms with Crippen LogP contribution in [0.15, 0.2) is 28.6 Å². The molecule has 0 aliphatic heterocycles. The van der Waals surface area contributed by atoms with Crippen molar-refractivity contribution in [1.82, 2.24) is 10.3 Å². The summed E-state index contributed by atoms with van der Waals surface area (Å²) in [6.07, 6.45) is 0. The predicted octanol–water partition coefficient (Wildman–Crippen LogP) is 2.61. The van der Waals surface area contributed by atoms with Gasteiger partial charge in [0.2, 0.25) is 5.91 Å². The van der Waals surface area contributed by atoms with Crippen molar-refractivity contribution in [2.45, 2.75) is 24.2 Å². The van der Waals surface area contributed by atoms with E-state index in [1.165, 1.54) is 23.1 Å². The number of nitrogens with zero attached hydrogens (tertiary/aromatic N) is 1. The Hall–Kier alpha value is -1.60. The fourth-order valence-corrected chi connectivity index (χ4v) is 3.65. The van der Waals surface area contributed by atoms with E-state index in [1.807, 2.05) is 24.3 Å². The third-order valence-corrected chi connectivity index (χ3v) is 5.03. The number of carbonyl (C=O) groups is 2. The molecule has 0 radical (unpaired) electrons. The monoisotopic (exact) mass is 324 g/mol. The van der Waals surface area contributed by atoms with Gasteiger partial charge in [-0.3, -0.25) is 4.79 Å². The van der Waals surface area contributed by atoms with Crippen molar-refractivity contribution in [1.29, 1.82) is 0 Å². The maximum Gasteiger partial charge on any atom is 0.326 e. The summed E-state index contributed by atoms with van der Waals surface area (Å²) >= 11 is 2.85. The van der Waals surface area contributed by atoms with Crippen LogP contribution in [0.1, 0.15) is 13.8 Å². The quantitative estimate of drug-likeness (QED) is 0.799. The number of nitrogens with one attached hydrogen (secondary N) is 1. The molecule has 1 atom stereocenters. The Morgan fingerprint density at radius 1 is 1.38 bits per heavy atom. The summed E-state index contributed by atoms with van der Waals surface area (Å²) in [5, 5.41) is 11.6. The van der Waals surface area contributed by atoms with E-state index in [0.717, 1.165) is 14.6 Å². The van der Waals surface area contributed by atoms with Crippen LogP contribution in [0.2, 0.25) is 0 Å². The maximum atomic E-state index is 11.8. The molecule has 2 N–H and O–H groups in total. The van der Waals surface area contributed by atoms with Crippen molar-refractivity contribution in [2.75, 3.05) is 5.75 Å². The van der Waals surface area contributed by atoms with Gasteiger partial charge in [-0.2, -0.15) is 0 Å². The SMILES string of the molecule is CC(C)[C@H](NC(=O)CSc1nc2ccccc2s1)C(=O)O. The van der Waals surface area contributed by atoms with E-state index >= 15 is 0 Å². The highest BCUT2D eigenvalue weighted by atomic mass is 32.2. The van der Waals surface area contributed by atoms with Crippen molar-refractivity contribution in [3.63, 3.8) is 0 Å². The molecule has 0 bridgehead atoms. The smallest absolute Gasteiger partial charge is 0.326 e. The standard InChI is InChI=1S/C14H16N2O3S2/c1-8(2)12(13(18)19)16-11(17)7-20-14-15-9-5-3-4-6-10(9)21-14/h3-6,8,12H,7H2,1-2H3,(H,16,17)(H,18,19)/t12-/m0/s1. The molecule has 1 amide bonds. The van der Waals surface area contributed by atoms with Gasteiger partial charge in [0.1, 0.15) is 6.04 Å². The van der Waals surface area contributed by atoms with E-state index in [4.69, 9.17) is 5.11 Å². The van der Waals surface area contributed by atoms with Gasteiger partial charge in [0, 0.05) is 0 Å². The number of thioether (sulfide) groups is 1. The van der Waals surface area contributed by atoms with Crippen LogP contribution >= 0.6 is 23.1 Å². The molecule has 5 nitrogen and oxygen atoms in total. The van der Waals surface area contributed by atoms with Crippen LogP contribution in [-0.4, -0.2) is 33.8 Å². The predicted molar refractivity (Wildman–Crippen MR) is 84.7 cm³/mol. The van der Waals surface area contributed by atoms with Crippen LogP contribution < -0.4 is 5.32 Å². The molecule has 2 aromatic rings. The topological polar surface area (TPSA) is 79.3 Å². The van der Waals surface area contributed by atoms with Gasteiger partial charge in [-0.15, -0.1) is 11.3 Å². The highest BCUT2D eigenvalue weighted by Gasteiger charge is 2.23. The van der Waals surface area contributed by atoms with E-state index in [9.17, 15) is 9.59 Å². The summed E-state index contributed by atoms with van der Waals surface area (Å²) in [6.45, 7) is 3.53. The highest BCUT2D eigenvalue weighted by molar-refractivity contribution is 8.01. The average molecular weight is 324 g/mol. The highest BCUT2D eigenvalue weighted by Crippen LogP contribution is 2.29. The Kier molecular flexibility index (Phi) is 5.19. The lowest BCUT2D eigenvalue weighted by atomic mass is 10.1. The molecule has 1 aromatic carbocycles. The number of amides is 1. The molecule has 112 valence electrons. The van der Waals surface area contributed by atoms with E-state index in [0.29, 0.717) is 0 Å². The van der Waals surface area contributed by atoms with Gasteiger partial charge < -0.3 is 10.4 Å². The summed E-state index contributed by atoms with van der Waals surface area (Å²) < 4.78 is 1.88. The minimum absolute atomic E-state index is 0.154. The summed E-state index contributed by atoms with van der Waals surface area (Å²) in [5.41, 5.74) is 0.913. The number of benzene rings is 1. The Bertz CT molecular complexity index is 621. The molecule has 21 heavy (non-hydrogen) atoms. The lowest BCUT2D eigenvalue weighted by Gasteiger charge is -2.17. The first-order chi connectivity index (χ1) is 9.97. The number of aliphatic carboxylic acids is 1. The molecular weight excluding hydrogens is 308 g/mol. The van der Waals surface area contributed by atoms with Gasteiger partial charge in [0.25, 0.3) is 0 Å². The molecule has 0 unspecified atom stereocenters. The summed E-state index contributed by atoms with van der Waals surface area (Å²) in [6, 6.07) is 6.92. The van der Waals surface area contributed by atoms with Crippen LogP contribution in [0.4, 0.5) is 0 Å². The summed E-state index contributed by atoms with van der Waals surface area (Å²) in [5.74, 6) is -1.29. The van der Waals surface area contributed by atoms with Crippen molar-refractivity contribution < 1.29 is 14.7 Å². The number of para-hydroxylation sites is 1. The second kappa shape index (κ2) is 6.91. The van der Waals surface area contributed by atoms with E-state index in [2.05, 4.69) is 10.3 Å². The Morgan fingerprint density at radius 2 is 2.10 bits per heavy atom. The molecule has 0 saturated heterocycles. The van der Waals surface area contributed by atoms with Gasteiger partial charge in [-0.05, 0) is 18.1 Å². The Labute approximate surface area is 130 Å². The van der Waals surface area contributed by atoms with Crippen LogP contribution in [0.3, 0.4) is 0 Å². The number of thiazole rings is 1. The van der Waals surface area contributed by atoms with Gasteiger partial charge in [0.15, 0.2) is 4.34 Å². The number of carbonyl (C=O) groups excluding carboxylic acids is 1. The number of hydrogen-bond donors (Lipinski definition) is 2. The normalized spacial score (nSPS) is 12.5. The van der Waals surface area contributed by atoms with Gasteiger partial charge in [-0.1, -0.05) is 37.7 Å². The van der Waals surface area contributed by atoms with Gasteiger partial charge in [0.05, 0.1) is 16.0 Å². The van der Waals surface area contributed by atoms with Crippen LogP contribution in [0.25, 0.3) is 10.2 Å². The number of aromatic nitrogens is 1. The number of hydrogen-bond acceptors (Lipinski definition) is 5. The fraction of sp³-hybridized carbons (Fsp3) is 0.357. The fourth-order valence-electron chi connectivity index (χ4n) is 1.77. The zero-order valence-corrected chi connectivity index (χ0v) is 13.3. The van der Waals surface area contributed by atoms with Crippen molar-refractivity contribution in [2.24, 2.45) is 5.92 Å². The van der Waals surface area contributed by atoms with Crippen molar-refractivity contribution in [3.05, 3.63) is 24.3 Å². The molecule has 1 heterocycles. The number of rotatable bonds is 6. The van der Waals surface area contributed by atoms with E-state index in [1.54, 1.807) is 13.8 Å². The van der Waals surface area contributed by atoms with Crippen LogP contribution in [0.5, 0.6) is 0 Å². The van der Waals surface area contributed by atoms with Crippen molar-refractivity contribution >= 4 is 45.2 Å². The molecule has 2 rings (SSSR count). The van der Waals surface area contributed by atoms with Gasteiger partial charge >= 0.3 is 5.97 Å². The maximum absolute atomic E-state index is 11.8. The molecule has 0 aliphatic carbocycles. The Balaban J connectivity index is 1.93. The van der Waals surface area contributed by atoms with Crippen LogP contribution in [0, 0.1) is 5.92 Å². The molecule has 7 heteroatoms. The van der Waals surface area contributed by atoms with Gasteiger partial charge in [-0.25, -0.2) is 9.78 Å². The molecule has 0 saturated carbocycles. The second-order valence-corrected chi connectivity index (χ2v) is 7.12. The zero-order valence-electron chi connectivity index (χ0n) is 11.7. The third-order valence-electron chi connectivity index (χ3n) is 2.85. The summed E-state index contributed by atoms with van der Waals surface area (Å²) in [7, 11) is 0. The number of fused-ring (bicyclic) bond motifs is 1. The molecule has 0 fully saturated rings. The molecule has 0 aliphatic rings. The van der Waals surface area contributed by atoms with E-state index < -0.39 is 12.0 Å². The van der Waals surface area contributed by atoms with Crippen molar-refractivity contribution in [3.8, 4) is 0 Å². The summed E-state index contributed by atoms with van der Waals surface area (Å²) in [4.78, 5) is 27.3. The minimum atomic E-state index is -1.01. The number of carboxylic acids is 1. The average Bonchev–Trinajstić information content (AvgIpc) is 2.84. The second-order valence-electron chi connectivity index (χ2n) is 4.86. The minimum Gasteiger partial charge on any atom is -0.480 e. The lowest BCUT2D eigenvalue weighted by molar-refractivity contribution is -0.142. The third kappa shape index (κ3) is 4.18. The molecule has 0 spiro atoms. The zero-order chi connectivity index (χ0) is 15.4.